The molecule has 1 unspecified atom stereocenters. The lowest BCUT2D eigenvalue weighted by atomic mass is 10.1. The molecular formula is C22H22N2O4. The third kappa shape index (κ3) is 3.45. The molecule has 0 saturated heterocycles. The largest absolute Gasteiger partial charge is 0.450 e. The van der Waals surface area contributed by atoms with Gasteiger partial charge in [0.1, 0.15) is 5.58 Å². The van der Waals surface area contributed by atoms with Crippen LogP contribution in [-0.2, 0) is 17.7 Å². The topological polar surface area (TPSA) is 71.8 Å². The van der Waals surface area contributed by atoms with Crippen molar-refractivity contribution >= 4 is 28.4 Å². The molecule has 1 atom stereocenters. The van der Waals surface area contributed by atoms with Gasteiger partial charge in [0.05, 0.1) is 6.61 Å². The first-order chi connectivity index (χ1) is 13.5. The lowest BCUT2D eigenvalue weighted by Gasteiger charge is -2.25. The van der Waals surface area contributed by atoms with Crippen LogP contribution < -0.4 is 15.8 Å². The Morgan fingerprint density at radius 3 is 2.89 bits per heavy atom. The number of hydrogen-bond acceptors (Lipinski definition) is 5. The Balaban J connectivity index is 1.68. The Labute approximate surface area is 162 Å². The second kappa shape index (κ2) is 7.38. The molecule has 4 rings (SSSR count). The van der Waals surface area contributed by atoms with Gasteiger partial charge in [-0.3, -0.25) is 5.32 Å². The molecule has 144 valence electrons. The number of nitrogens with zero attached hydrogens (tertiary/aromatic N) is 1. The molecule has 0 spiro atoms. The first-order valence-electron chi connectivity index (χ1n) is 9.40. The molecule has 1 aromatic heterocycles. The molecule has 1 amide bonds. The summed E-state index contributed by atoms with van der Waals surface area (Å²) in [5.41, 5.74) is 3.98. The smallest absolute Gasteiger partial charge is 0.411 e. The minimum absolute atomic E-state index is 0.286. The van der Waals surface area contributed by atoms with Crippen LogP contribution in [0.2, 0.25) is 0 Å². The first-order valence-corrected chi connectivity index (χ1v) is 9.40. The minimum Gasteiger partial charge on any atom is -0.450 e. The lowest BCUT2D eigenvalue weighted by molar-refractivity contribution is 0.168. The lowest BCUT2D eigenvalue weighted by Crippen LogP contribution is -2.29. The van der Waals surface area contributed by atoms with Crippen molar-refractivity contribution in [2.45, 2.75) is 32.9 Å². The number of anilines is 2. The van der Waals surface area contributed by atoms with E-state index in [1.54, 1.807) is 25.1 Å². The Kier molecular flexibility index (Phi) is 4.77. The van der Waals surface area contributed by atoms with Crippen molar-refractivity contribution in [2.24, 2.45) is 0 Å². The number of fused-ring (bicyclic) bond motifs is 2. The van der Waals surface area contributed by atoms with Crippen molar-refractivity contribution in [3.8, 4) is 0 Å². The molecule has 0 aliphatic carbocycles. The van der Waals surface area contributed by atoms with E-state index in [1.807, 2.05) is 12.1 Å². The monoisotopic (exact) mass is 378 g/mol. The molecule has 1 N–H and O–H groups in total. The van der Waals surface area contributed by atoms with Crippen LogP contribution in [-0.4, -0.2) is 18.7 Å². The van der Waals surface area contributed by atoms with E-state index >= 15 is 0 Å². The summed E-state index contributed by atoms with van der Waals surface area (Å²) in [6.45, 7) is 4.83. The van der Waals surface area contributed by atoms with Gasteiger partial charge in [-0.2, -0.15) is 0 Å². The molecule has 1 aliphatic heterocycles. The van der Waals surface area contributed by atoms with Gasteiger partial charge in [0, 0.05) is 41.5 Å². The van der Waals surface area contributed by atoms with Gasteiger partial charge >= 0.3 is 11.7 Å². The van der Waals surface area contributed by atoms with E-state index < -0.39 is 11.7 Å². The van der Waals surface area contributed by atoms with Crippen molar-refractivity contribution in [3.05, 3.63) is 70.1 Å². The second-order valence-electron chi connectivity index (χ2n) is 6.96. The predicted octanol–water partition coefficient (Wildman–Crippen LogP) is 4.31. The van der Waals surface area contributed by atoms with Crippen LogP contribution in [0.1, 0.15) is 25.0 Å². The summed E-state index contributed by atoms with van der Waals surface area (Å²) in [5.74, 6) is 0. The van der Waals surface area contributed by atoms with E-state index in [0.717, 1.165) is 17.4 Å². The SMILES string of the molecule is CCOC(=O)Nc1ccc2c(CN3c4ccccc4CC3C)cc(=O)oc2c1. The van der Waals surface area contributed by atoms with Crippen LogP contribution in [0.3, 0.4) is 0 Å². The fraction of sp³-hybridized carbons (Fsp3) is 0.273. The van der Waals surface area contributed by atoms with Crippen molar-refractivity contribution in [3.63, 3.8) is 0 Å². The summed E-state index contributed by atoms with van der Waals surface area (Å²) in [6.07, 6.45) is 0.450. The van der Waals surface area contributed by atoms with Crippen LogP contribution in [0, 0.1) is 0 Å². The summed E-state index contributed by atoms with van der Waals surface area (Å²) in [4.78, 5) is 26.1. The maximum atomic E-state index is 12.1. The minimum atomic E-state index is -0.539. The quantitative estimate of drug-likeness (QED) is 0.685. The van der Waals surface area contributed by atoms with E-state index in [9.17, 15) is 9.59 Å². The van der Waals surface area contributed by atoms with Crippen LogP contribution in [0.15, 0.2) is 57.7 Å². The van der Waals surface area contributed by atoms with Gasteiger partial charge in [0.2, 0.25) is 0 Å². The third-order valence-electron chi connectivity index (χ3n) is 5.04. The number of nitrogens with one attached hydrogen (secondary N) is 1. The van der Waals surface area contributed by atoms with E-state index in [-0.39, 0.29) is 6.61 Å². The van der Waals surface area contributed by atoms with Gasteiger partial charge in [0.15, 0.2) is 0 Å². The average Bonchev–Trinajstić information content (AvgIpc) is 2.97. The number of para-hydroxylation sites is 1. The Hall–Kier alpha value is -3.28. The summed E-state index contributed by atoms with van der Waals surface area (Å²) in [6, 6.07) is 15.6. The molecule has 0 bridgehead atoms. The summed E-state index contributed by atoms with van der Waals surface area (Å²) >= 11 is 0. The molecule has 2 aromatic carbocycles. The normalized spacial score (nSPS) is 15.5. The van der Waals surface area contributed by atoms with Gasteiger partial charge in [0.25, 0.3) is 0 Å². The molecule has 0 saturated carbocycles. The molecular weight excluding hydrogens is 356 g/mol. The highest BCUT2D eigenvalue weighted by Crippen LogP contribution is 2.34. The summed E-state index contributed by atoms with van der Waals surface area (Å²) < 4.78 is 10.3. The van der Waals surface area contributed by atoms with Crippen molar-refractivity contribution in [1.29, 1.82) is 0 Å². The number of benzene rings is 2. The molecule has 3 aromatic rings. The van der Waals surface area contributed by atoms with Gasteiger partial charge in [-0.05, 0) is 49.6 Å². The van der Waals surface area contributed by atoms with Crippen molar-refractivity contribution < 1.29 is 13.9 Å². The van der Waals surface area contributed by atoms with Gasteiger partial charge in [-0.1, -0.05) is 18.2 Å². The molecule has 0 fully saturated rings. The second-order valence-corrected chi connectivity index (χ2v) is 6.96. The zero-order valence-electron chi connectivity index (χ0n) is 15.9. The molecule has 28 heavy (non-hydrogen) atoms. The van der Waals surface area contributed by atoms with Gasteiger partial charge < -0.3 is 14.1 Å². The fourth-order valence-electron chi connectivity index (χ4n) is 3.78. The van der Waals surface area contributed by atoms with Crippen molar-refractivity contribution in [2.75, 3.05) is 16.8 Å². The van der Waals surface area contributed by atoms with E-state index in [4.69, 9.17) is 9.15 Å². The Bertz CT molecular complexity index is 1090. The third-order valence-corrected chi connectivity index (χ3v) is 5.04. The number of amides is 1. The van der Waals surface area contributed by atoms with Crippen LogP contribution in [0.5, 0.6) is 0 Å². The first kappa shape index (κ1) is 18.1. The van der Waals surface area contributed by atoms with Gasteiger partial charge in [-0.15, -0.1) is 0 Å². The van der Waals surface area contributed by atoms with E-state index in [0.29, 0.717) is 23.9 Å². The Morgan fingerprint density at radius 2 is 2.07 bits per heavy atom. The van der Waals surface area contributed by atoms with E-state index in [1.165, 1.54) is 11.3 Å². The molecule has 2 heterocycles. The van der Waals surface area contributed by atoms with Crippen LogP contribution in [0.25, 0.3) is 11.0 Å². The van der Waals surface area contributed by atoms with E-state index in [2.05, 4.69) is 35.3 Å². The zero-order chi connectivity index (χ0) is 19.7. The summed E-state index contributed by atoms with van der Waals surface area (Å²) in [5, 5.41) is 3.49. The molecule has 6 heteroatoms. The highest BCUT2D eigenvalue weighted by atomic mass is 16.5. The van der Waals surface area contributed by atoms with Crippen LogP contribution in [0.4, 0.5) is 16.2 Å². The summed E-state index contributed by atoms with van der Waals surface area (Å²) in [7, 11) is 0. The van der Waals surface area contributed by atoms with Crippen LogP contribution >= 0.6 is 0 Å². The average molecular weight is 378 g/mol. The number of rotatable bonds is 4. The predicted molar refractivity (Wildman–Crippen MR) is 109 cm³/mol. The standard InChI is InChI=1S/C22H22N2O4/c1-3-27-22(26)23-17-8-9-18-16(11-21(25)28-20(18)12-17)13-24-14(2)10-15-6-4-5-7-19(15)24/h4-9,11-12,14H,3,10,13H2,1-2H3,(H,23,26). The maximum Gasteiger partial charge on any atom is 0.411 e. The Morgan fingerprint density at radius 1 is 1.25 bits per heavy atom. The van der Waals surface area contributed by atoms with Crippen molar-refractivity contribution in [1.82, 2.24) is 0 Å². The number of hydrogen-bond donors (Lipinski definition) is 1. The number of carbonyl (C=O) groups is 1. The molecule has 1 aliphatic rings. The fourth-order valence-corrected chi connectivity index (χ4v) is 3.78. The maximum absolute atomic E-state index is 12.1. The highest BCUT2D eigenvalue weighted by Gasteiger charge is 2.26. The number of carbonyl (C=O) groups excluding carboxylic acids is 1. The molecule has 0 radical (unpaired) electrons. The molecule has 6 nitrogen and oxygen atoms in total. The van der Waals surface area contributed by atoms with Gasteiger partial charge in [-0.25, -0.2) is 9.59 Å². The highest BCUT2D eigenvalue weighted by molar-refractivity contribution is 5.90. The zero-order valence-corrected chi connectivity index (χ0v) is 15.9. The number of ether oxygens (including phenoxy) is 1.